The lowest BCUT2D eigenvalue weighted by Crippen LogP contribution is -2.42. The zero-order valence-corrected chi connectivity index (χ0v) is 14.3. The Hall–Kier alpha value is -1.78. The molecule has 2 aromatic carbocycles. The van der Waals surface area contributed by atoms with Gasteiger partial charge in [-0.1, -0.05) is 36.4 Å². The summed E-state index contributed by atoms with van der Waals surface area (Å²) in [5.74, 6) is -0.198. The van der Waals surface area contributed by atoms with Crippen LogP contribution in [0.5, 0.6) is 0 Å². The van der Waals surface area contributed by atoms with Crippen LogP contribution in [0.2, 0.25) is 0 Å². The van der Waals surface area contributed by atoms with Crippen molar-refractivity contribution >= 4 is 0 Å². The lowest BCUT2D eigenvalue weighted by Gasteiger charge is -2.40. The van der Waals surface area contributed by atoms with Crippen LogP contribution in [-0.2, 0) is 16.9 Å². The molecule has 1 saturated heterocycles. The summed E-state index contributed by atoms with van der Waals surface area (Å²) in [7, 11) is 0. The Morgan fingerprint density at radius 3 is 2.48 bits per heavy atom. The summed E-state index contributed by atoms with van der Waals surface area (Å²) in [5.41, 5.74) is 3.26. The maximum absolute atomic E-state index is 13.0. The van der Waals surface area contributed by atoms with E-state index in [-0.39, 0.29) is 24.2 Å². The van der Waals surface area contributed by atoms with Crippen LogP contribution in [0.15, 0.2) is 48.5 Å². The lowest BCUT2D eigenvalue weighted by molar-refractivity contribution is -0.113. The van der Waals surface area contributed by atoms with Crippen LogP contribution in [0.25, 0.3) is 0 Å². The molecular weight excluding hydrogens is 320 g/mol. The largest absolute Gasteiger partial charge is 0.362 e. The molecule has 2 heterocycles. The van der Waals surface area contributed by atoms with Crippen LogP contribution in [0.1, 0.15) is 42.1 Å². The van der Waals surface area contributed by atoms with Crippen LogP contribution >= 0.6 is 0 Å². The number of halogens is 2. The molecule has 2 aliphatic heterocycles. The van der Waals surface area contributed by atoms with Crippen molar-refractivity contribution in [2.45, 2.75) is 37.5 Å². The van der Waals surface area contributed by atoms with Crippen molar-refractivity contribution < 1.29 is 13.5 Å². The van der Waals surface area contributed by atoms with Gasteiger partial charge in [0.15, 0.2) is 0 Å². The summed E-state index contributed by atoms with van der Waals surface area (Å²) >= 11 is 0. The van der Waals surface area contributed by atoms with Gasteiger partial charge < -0.3 is 4.74 Å². The van der Waals surface area contributed by atoms with Gasteiger partial charge in [-0.3, -0.25) is 9.29 Å². The monoisotopic (exact) mass is 343 g/mol. The van der Waals surface area contributed by atoms with Crippen molar-refractivity contribution in [1.29, 1.82) is 0 Å². The van der Waals surface area contributed by atoms with Gasteiger partial charge in [0.05, 0.1) is 18.4 Å². The molecule has 2 nitrogen and oxygen atoms in total. The highest BCUT2D eigenvalue weighted by Crippen LogP contribution is 2.50. The van der Waals surface area contributed by atoms with Crippen molar-refractivity contribution in [1.82, 2.24) is 4.90 Å². The van der Waals surface area contributed by atoms with Crippen molar-refractivity contribution in [2.75, 3.05) is 19.8 Å². The molecule has 25 heavy (non-hydrogen) atoms. The standard InChI is InChI=1S/C21H23F2NO/c22-12-9-20-18-3-1-2-4-19(18)21(25-20)10-13-24(14-11-21)15-16-5-7-17(23)8-6-16/h1-8,20H,9-15H2. The molecule has 0 bridgehead atoms. The molecule has 1 fully saturated rings. The Bertz CT molecular complexity index is 723. The van der Waals surface area contributed by atoms with E-state index in [1.165, 1.54) is 17.7 Å². The molecule has 2 aromatic rings. The fraction of sp³-hybridized carbons (Fsp3) is 0.429. The predicted molar refractivity (Wildman–Crippen MR) is 93.4 cm³/mol. The van der Waals surface area contributed by atoms with E-state index in [2.05, 4.69) is 17.0 Å². The number of nitrogens with zero attached hydrogens (tertiary/aromatic N) is 1. The van der Waals surface area contributed by atoms with Gasteiger partial charge in [0.2, 0.25) is 0 Å². The topological polar surface area (TPSA) is 12.5 Å². The summed E-state index contributed by atoms with van der Waals surface area (Å²) in [6.07, 6.45) is 2.13. The van der Waals surface area contributed by atoms with Crippen molar-refractivity contribution in [3.05, 3.63) is 71.0 Å². The SMILES string of the molecule is FCCC1OC2(CCN(Cc3ccc(F)cc3)CC2)c2ccccc21. The third kappa shape index (κ3) is 3.21. The molecular formula is C21H23F2NO. The van der Waals surface area contributed by atoms with Gasteiger partial charge in [-0.2, -0.15) is 0 Å². The molecule has 0 radical (unpaired) electrons. The van der Waals surface area contributed by atoms with Gasteiger partial charge >= 0.3 is 0 Å². The second-order valence-electron chi connectivity index (χ2n) is 7.07. The molecule has 0 saturated carbocycles. The number of alkyl halides is 1. The Balaban J connectivity index is 1.46. The van der Waals surface area contributed by atoms with Gasteiger partial charge in [-0.05, 0) is 41.7 Å². The molecule has 0 amide bonds. The summed E-state index contributed by atoms with van der Waals surface area (Å²) < 4.78 is 32.4. The number of piperidine rings is 1. The Morgan fingerprint density at radius 1 is 1.04 bits per heavy atom. The maximum Gasteiger partial charge on any atom is 0.123 e. The first-order valence-electron chi connectivity index (χ1n) is 9.00. The molecule has 0 aromatic heterocycles. The fourth-order valence-electron chi connectivity index (χ4n) is 4.21. The predicted octanol–water partition coefficient (Wildman–Crippen LogP) is 4.75. The minimum atomic E-state index is -0.355. The van der Waals surface area contributed by atoms with E-state index in [4.69, 9.17) is 4.74 Å². The third-order valence-corrected chi connectivity index (χ3v) is 5.52. The van der Waals surface area contributed by atoms with E-state index >= 15 is 0 Å². The number of ether oxygens (including phenoxy) is 1. The first kappa shape index (κ1) is 16.7. The van der Waals surface area contributed by atoms with Crippen LogP contribution in [-0.4, -0.2) is 24.7 Å². The first-order chi connectivity index (χ1) is 12.2. The number of rotatable bonds is 4. The van der Waals surface area contributed by atoms with Gasteiger partial charge in [-0.15, -0.1) is 0 Å². The zero-order valence-electron chi connectivity index (χ0n) is 14.3. The number of fused-ring (bicyclic) bond motifs is 2. The van der Waals surface area contributed by atoms with E-state index in [1.807, 2.05) is 24.3 Å². The van der Waals surface area contributed by atoms with Crippen molar-refractivity contribution in [3.63, 3.8) is 0 Å². The number of likely N-dealkylation sites (tertiary alicyclic amines) is 1. The van der Waals surface area contributed by atoms with E-state index < -0.39 is 0 Å². The minimum absolute atomic E-state index is 0.121. The zero-order chi connectivity index (χ0) is 17.3. The van der Waals surface area contributed by atoms with E-state index in [9.17, 15) is 8.78 Å². The summed E-state index contributed by atoms with van der Waals surface area (Å²) in [4.78, 5) is 2.38. The second kappa shape index (κ2) is 6.85. The number of hydrogen-bond acceptors (Lipinski definition) is 2. The molecule has 4 rings (SSSR count). The highest BCUT2D eigenvalue weighted by atomic mass is 19.1. The molecule has 2 aliphatic rings. The fourth-order valence-corrected chi connectivity index (χ4v) is 4.21. The molecule has 1 spiro atoms. The van der Waals surface area contributed by atoms with Gasteiger partial charge in [-0.25, -0.2) is 4.39 Å². The second-order valence-corrected chi connectivity index (χ2v) is 7.07. The quantitative estimate of drug-likeness (QED) is 0.794. The summed E-state index contributed by atoms with van der Waals surface area (Å²) in [6, 6.07) is 15.0. The molecule has 1 unspecified atom stereocenters. The first-order valence-corrected chi connectivity index (χ1v) is 9.00. The summed E-state index contributed by atoms with van der Waals surface area (Å²) in [6.45, 7) is 2.32. The van der Waals surface area contributed by atoms with Gasteiger partial charge in [0.25, 0.3) is 0 Å². The lowest BCUT2D eigenvalue weighted by atomic mass is 9.83. The van der Waals surface area contributed by atoms with Crippen molar-refractivity contribution in [2.24, 2.45) is 0 Å². The smallest absolute Gasteiger partial charge is 0.123 e. The summed E-state index contributed by atoms with van der Waals surface area (Å²) in [5, 5.41) is 0. The number of hydrogen-bond donors (Lipinski definition) is 0. The van der Waals surface area contributed by atoms with E-state index in [0.717, 1.165) is 43.6 Å². The minimum Gasteiger partial charge on any atom is -0.362 e. The molecule has 1 atom stereocenters. The molecule has 0 N–H and O–H groups in total. The van der Waals surface area contributed by atoms with Crippen LogP contribution in [0.4, 0.5) is 8.78 Å². The van der Waals surface area contributed by atoms with Crippen LogP contribution < -0.4 is 0 Å². The molecule has 4 heteroatoms. The molecule has 132 valence electrons. The van der Waals surface area contributed by atoms with Gasteiger partial charge in [0.1, 0.15) is 5.82 Å². The Morgan fingerprint density at radius 2 is 1.76 bits per heavy atom. The van der Waals surface area contributed by atoms with E-state index in [0.29, 0.717) is 6.42 Å². The van der Waals surface area contributed by atoms with Crippen LogP contribution in [0.3, 0.4) is 0 Å². The third-order valence-electron chi connectivity index (χ3n) is 5.52. The highest BCUT2D eigenvalue weighted by Gasteiger charge is 2.46. The van der Waals surface area contributed by atoms with Crippen molar-refractivity contribution in [3.8, 4) is 0 Å². The Kier molecular flexibility index (Phi) is 4.57. The van der Waals surface area contributed by atoms with Gasteiger partial charge in [0, 0.05) is 26.1 Å². The normalized spacial score (nSPS) is 22.2. The van der Waals surface area contributed by atoms with Crippen LogP contribution in [0, 0.1) is 5.82 Å². The molecule has 0 aliphatic carbocycles. The number of benzene rings is 2. The van der Waals surface area contributed by atoms with E-state index in [1.54, 1.807) is 0 Å². The maximum atomic E-state index is 13.0. The highest BCUT2D eigenvalue weighted by molar-refractivity contribution is 5.38. The average molecular weight is 343 g/mol. The average Bonchev–Trinajstić information content (AvgIpc) is 2.94. The Labute approximate surface area is 147 Å².